The van der Waals surface area contributed by atoms with Crippen molar-refractivity contribution in [1.82, 2.24) is 4.57 Å². The van der Waals surface area contributed by atoms with Gasteiger partial charge in [0.15, 0.2) is 0 Å². The molecule has 0 spiro atoms. The van der Waals surface area contributed by atoms with Crippen LogP contribution in [0.15, 0.2) is 72.8 Å². The number of nitrogens with zero attached hydrogens (tertiary/aromatic N) is 2. The summed E-state index contributed by atoms with van der Waals surface area (Å²) in [6.07, 6.45) is 2.00. The van der Waals surface area contributed by atoms with E-state index in [-0.39, 0.29) is 12.3 Å². The van der Waals surface area contributed by atoms with Crippen LogP contribution in [0.25, 0.3) is 10.9 Å². The summed E-state index contributed by atoms with van der Waals surface area (Å²) in [6, 6.07) is 23.3. The van der Waals surface area contributed by atoms with Gasteiger partial charge in [-0.3, -0.25) is 14.2 Å². The Hall–Kier alpha value is -4.06. The first-order valence-corrected chi connectivity index (χ1v) is 11.8. The summed E-state index contributed by atoms with van der Waals surface area (Å²) in [4.78, 5) is 26.9. The minimum Gasteiger partial charge on any atom is -0.491 e. The molecule has 6 heteroatoms. The number of benzene rings is 3. The van der Waals surface area contributed by atoms with Crippen molar-refractivity contribution in [2.45, 2.75) is 32.2 Å². The lowest BCUT2D eigenvalue weighted by Crippen LogP contribution is -2.40. The zero-order valence-corrected chi connectivity index (χ0v) is 19.9. The van der Waals surface area contributed by atoms with E-state index in [0.717, 1.165) is 29.7 Å². The zero-order valence-electron chi connectivity index (χ0n) is 19.9. The molecular formula is C29H28N2O4. The smallest absolute Gasteiger partial charge is 0.307 e. The molecule has 1 N–H and O–H groups in total. The molecule has 0 radical (unpaired) electrons. The summed E-state index contributed by atoms with van der Waals surface area (Å²) in [5, 5.41) is 10.0. The minimum atomic E-state index is -0.895. The molecule has 4 aromatic rings. The summed E-state index contributed by atoms with van der Waals surface area (Å²) in [7, 11) is 2.11. The number of carboxylic acids is 1. The van der Waals surface area contributed by atoms with Crippen molar-refractivity contribution in [3.8, 4) is 5.75 Å². The fourth-order valence-corrected chi connectivity index (χ4v) is 5.00. The quantitative estimate of drug-likeness (QED) is 0.427. The summed E-state index contributed by atoms with van der Waals surface area (Å²) < 4.78 is 7.73. The second kappa shape index (κ2) is 9.29. The van der Waals surface area contributed by atoms with Crippen LogP contribution in [-0.4, -0.2) is 41.2 Å². The largest absolute Gasteiger partial charge is 0.491 e. The number of likely N-dealkylation sites (N-methyl/N-ethyl adjacent to an activating group) is 1. The fourth-order valence-electron chi connectivity index (χ4n) is 5.00. The van der Waals surface area contributed by atoms with Crippen LogP contribution in [0.3, 0.4) is 0 Å². The lowest BCUT2D eigenvalue weighted by Gasteiger charge is -2.35. The van der Waals surface area contributed by atoms with Crippen molar-refractivity contribution in [3.63, 3.8) is 0 Å². The summed E-state index contributed by atoms with van der Waals surface area (Å²) >= 11 is 0. The number of fused-ring (bicyclic) bond motifs is 2. The standard InChI is InChI=1S/C29H28N2O4/c1-19-16-25-22(17-28(32)33)7-5-9-27(25)31(19)29(34)21-11-14-24(15-12-21)35-18-23-13-10-20-6-3-4-8-26(20)30(23)2/h3-9,11-12,14-16,23H,10,13,17-18H2,1-2H3,(H,32,33). The number of ether oxygens (including phenoxy) is 1. The molecule has 1 aliphatic heterocycles. The Bertz CT molecular complexity index is 1400. The van der Waals surface area contributed by atoms with E-state index in [9.17, 15) is 14.7 Å². The van der Waals surface area contributed by atoms with Gasteiger partial charge in [0.2, 0.25) is 0 Å². The number of aryl methyl sites for hydroxylation is 2. The number of hydrogen-bond acceptors (Lipinski definition) is 4. The average molecular weight is 469 g/mol. The molecule has 1 aromatic heterocycles. The second-order valence-corrected chi connectivity index (χ2v) is 9.11. The molecule has 0 amide bonds. The van der Waals surface area contributed by atoms with Crippen molar-refractivity contribution in [2.75, 3.05) is 18.6 Å². The van der Waals surface area contributed by atoms with E-state index < -0.39 is 5.97 Å². The first-order chi connectivity index (χ1) is 16.9. The second-order valence-electron chi connectivity index (χ2n) is 9.11. The molecule has 1 atom stereocenters. The van der Waals surface area contributed by atoms with Gasteiger partial charge in [-0.25, -0.2) is 0 Å². The highest BCUT2D eigenvalue weighted by Gasteiger charge is 2.23. The van der Waals surface area contributed by atoms with Gasteiger partial charge in [0.25, 0.3) is 5.91 Å². The molecule has 0 bridgehead atoms. The van der Waals surface area contributed by atoms with Gasteiger partial charge < -0.3 is 14.7 Å². The molecule has 3 aromatic carbocycles. The molecule has 0 saturated carbocycles. The van der Waals surface area contributed by atoms with Crippen LogP contribution in [0.2, 0.25) is 0 Å². The van der Waals surface area contributed by atoms with Gasteiger partial charge in [-0.15, -0.1) is 0 Å². The van der Waals surface area contributed by atoms with Gasteiger partial charge in [-0.05, 0) is 73.4 Å². The summed E-state index contributed by atoms with van der Waals surface area (Å²) in [5.41, 5.74) is 5.36. The van der Waals surface area contributed by atoms with E-state index in [1.54, 1.807) is 28.8 Å². The Balaban J connectivity index is 1.31. The molecular weight excluding hydrogens is 440 g/mol. The van der Waals surface area contributed by atoms with Crippen LogP contribution >= 0.6 is 0 Å². The molecule has 0 fully saturated rings. The van der Waals surface area contributed by atoms with E-state index in [0.29, 0.717) is 29.3 Å². The van der Waals surface area contributed by atoms with Crippen LogP contribution in [0, 0.1) is 6.92 Å². The maximum Gasteiger partial charge on any atom is 0.307 e. The lowest BCUT2D eigenvalue weighted by molar-refractivity contribution is -0.136. The van der Waals surface area contributed by atoms with E-state index in [2.05, 4.69) is 36.2 Å². The van der Waals surface area contributed by atoms with Crippen LogP contribution in [0.1, 0.15) is 33.6 Å². The number of rotatable bonds is 6. The van der Waals surface area contributed by atoms with Gasteiger partial charge >= 0.3 is 5.97 Å². The Kier molecular flexibility index (Phi) is 6.03. The molecule has 178 valence electrons. The van der Waals surface area contributed by atoms with Crippen LogP contribution in [0.4, 0.5) is 5.69 Å². The highest BCUT2D eigenvalue weighted by Crippen LogP contribution is 2.30. The first kappa shape index (κ1) is 22.7. The SMILES string of the molecule is Cc1cc2c(CC(=O)O)cccc2n1C(=O)c1ccc(OCC2CCc3ccccc3N2C)cc1. The molecule has 1 aliphatic rings. The maximum atomic E-state index is 13.4. The predicted octanol–water partition coefficient (Wildman–Crippen LogP) is 5.10. The van der Waals surface area contributed by atoms with Crippen molar-refractivity contribution in [1.29, 1.82) is 0 Å². The first-order valence-electron chi connectivity index (χ1n) is 11.8. The zero-order chi connectivity index (χ0) is 24.5. The van der Waals surface area contributed by atoms with Gasteiger partial charge in [-0.1, -0.05) is 30.3 Å². The van der Waals surface area contributed by atoms with Crippen molar-refractivity contribution in [2.24, 2.45) is 0 Å². The van der Waals surface area contributed by atoms with E-state index in [1.165, 1.54) is 11.3 Å². The highest BCUT2D eigenvalue weighted by molar-refractivity contribution is 6.04. The maximum absolute atomic E-state index is 13.4. The third kappa shape index (κ3) is 4.39. The Labute approximate surface area is 204 Å². The Morgan fingerprint density at radius 3 is 2.57 bits per heavy atom. The van der Waals surface area contributed by atoms with Crippen LogP contribution in [0.5, 0.6) is 5.75 Å². The Morgan fingerprint density at radius 1 is 1.03 bits per heavy atom. The number of carbonyl (C=O) groups is 2. The minimum absolute atomic E-state index is 0.0806. The molecule has 5 rings (SSSR count). The monoisotopic (exact) mass is 468 g/mol. The number of anilines is 1. The third-order valence-corrected chi connectivity index (χ3v) is 6.87. The molecule has 1 unspecified atom stereocenters. The third-order valence-electron chi connectivity index (χ3n) is 6.87. The van der Waals surface area contributed by atoms with Gasteiger partial charge in [0.05, 0.1) is 18.0 Å². The highest BCUT2D eigenvalue weighted by atomic mass is 16.5. The predicted molar refractivity (Wildman–Crippen MR) is 137 cm³/mol. The van der Waals surface area contributed by atoms with Gasteiger partial charge in [-0.2, -0.15) is 0 Å². The molecule has 2 heterocycles. The van der Waals surface area contributed by atoms with Gasteiger partial charge in [0, 0.05) is 29.4 Å². The number of aliphatic carboxylic acids is 1. The van der Waals surface area contributed by atoms with Crippen molar-refractivity contribution in [3.05, 3.63) is 95.2 Å². The Morgan fingerprint density at radius 2 is 1.80 bits per heavy atom. The molecule has 6 nitrogen and oxygen atoms in total. The fraction of sp³-hybridized carbons (Fsp3) is 0.241. The normalized spacial score (nSPS) is 15.1. The number of carboxylic acid groups (broad SMARTS) is 1. The van der Waals surface area contributed by atoms with Crippen molar-refractivity contribution >= 4 is 28.5 Å². The lowest BCUT2D eigenvalue weighted by atomic mass is 9.97. The number of hydrogen-bond donors (Lipinski definition) is 1. The van der Waals surface area contributed by atoms with Gasteiger partial charge in [0.1, 0.15) is 12.4 Å². The summed E-state index contributed by atoms with van der Waals surface area (Å²) in [6.45, 7) is 2.44. The van der Waals surface area contributed by atoms with E-state index in [1.807, 2.05) is 31.2 Å². The molecule has 0 saturated heterocycles. The van der Waals surface area contributed by atoms with E-state index >= 15 is 0 Å². The van der Waals surface area contributed by atoms with Crippen molar-refractivity contribution < 1.29 is 19.4 Å². The molecule has 35 heavy (non-hydrogen) atoms. The average Bonchev–Trinajstić information content (AvgIpc) is 3.20. The number of carbonyl (C=O) groups excluding carboxylic acids is 1. The number of aromatic nitrogens is 1. The summed E-state index contributed by atoms with van der Waals surface area (Å²) in [5.74, 6) is -0.319. The molecule has 0 aliphatic carbocycles. The van der Waals surface area contributed by atoms with E-state index in [4.69, 9.17) is 4.74 Å². The number of para-hydroxylation sites is 1. The van der Waals surface area contributed by atoms with Crippen LogP contribution in [-0.2, 0) is 17.6 Å². The van der Waals surface area contributed by atoms with Crippen LogP contribution < -0.4 is 9.64 Å². The topological polar surface area (TPSA) is 71.8 Å².